The normalized spacial score (nSPS) is 13.9. The van der Waals surface area contributed by atoms with Gasteiger partial charge in [-0.1, -0.05) is 41.9 Å². The van der Waals surface area contributed by atoms with Gasteiger partial charge in [0.05, 0.1) is 11.5 Å². The summed E-state index contributed by atoms with van der Waals surface area (Å²) < 4.78 is 11.4. The first kappa shape index (κ1) is 28.7. The Bertz CT molecular complexity index is 1480. The van der Waals surface area contributed by atoms with E-state index < -0.39 is 23.6 Å². The number of nitrogens with one attached hydrogen (secondary N) is 2. The minimum Gasteiger partial charge on any atom is -0.490 e. The lowest BCUT2D eigenvalue weighted by Crippen LogP contribution is -2.36. The number of hydrogen-bond acceptors (Lipinski definition) is 7. The highest BCUT2D eigenvalue weighted by Gasteiger charge is 2.36. The summed E-state index contributed by atoms with van der Waals surface area (Å²) in [5, 5.41) is 5.39. The number of hydrogen-bond donors (Lipinski definition) is 2. The molecule has 40 heavy (non-hydrogen) atoms. The summed E-state index contributed by atoms with van der Waals surface area (Å²) in [5.74, 6) is -0.726. The Morgan fingerprint density at radius 2 is 1.68 bits per heavy atom. The van der Waals surface area contributed by atoms with Crippen molar-refractivity contribution in [2.45, 2.75) is 13.8 Å². The lowest BCUT2D eigenvalue weighted by molar-refractivity contribution is -0.127. The van der Waals surface area contributed by atoms with Crippen LogP contribution in [0.4, 0.5) is 16.2 Å². The molecule has 0 spiro atoms. The number of anilines is 2. The molecular formula is C29H26ClN3O6S. The third kappa shape index (κ3) is 7.43. The molecule has 1 heterocycles. The van der Waals surface area contributed by atoms with E-state index in [9.17, 15) is 19.2 Å². The molecule has 1 aliphatic rings. The van der Waals surface area contributed by atoms with Gasteiger partial charge in [0.1, 0.15) is 6.54 Å². The summed E-state index contributed by atoms with van der Waals surface area (Å²) in [5.41, 5.74) is 2.60. The van der Waals surface area contributed by atoms with E-state index in [4.69, 9.17) is 21.1 Å². The molecule has 0 radical (unpaired) electrons. The fourth-order valence-corrected chi connectivity index (χ4v) is 4.69. The van der Waals surface area contributed by atoms with Gasteiger partial charge < -0.3 is 20.1 Å². The summed E-state index contributed by atoms with van der Waals surface area (Å²) in [6.07, 6.45) is 1.54. The van der Waals surface area contributed by atoms with E-state index in [0.717, 1.165) is 22.2 Å². The molecule has 1 fully saturated rings. The van der Waals surface area contributed by atoms with E-state index in [0.29, 0.717) is 40.1 Å². The summed E-state index contributed by atoms with van der Waals surface area (Å²) in [6.45, 7) is 3.34. The second-order valence-corrected chi connectivity index (χ2v) is 10.0. The Hall–Kier alpha value is -4.28. The second-order valence-electron chi connectivity index (χ2n) is 8.62. The van der Waals surface area contributed by atoms with Crippen molar-refractivity contribution >= 4 is 63.8 Å². The number of ether oxygens (including phenoxy) is 2. The van der Waals surface area contributed by atoms with Crippen molar-refractivity contribution < 1.29 is 28.7 Å². The molecule has 0 atom stereocenters. The number of thioether (sulfide) groups is 1. The first-order valence-electron chi connectivity index (χ1n) is 12.3. The summed E-state index contributed by atoms with van der Waals surface area (Å²) in [4.78, 5) is 51.2. The molecule has 0 unspecified atom stereocenters. The molecule has 4 amide bonds. The number of benzene rings is 3. The highest BCUT2D eigenvalue weighted by molar-refractivity contribution is 8.18. The van der Waals surface area contributed by atoms with Crippen LogP contribution in [0.15, 0.2) is 71.6 Å². The van der Waals surface area contributed by atoms with Crippen LogP contribution in [-0.4, -0.2) is 47.6 Å². The van der Waals surface area contributed by atoms with E-state index in [1.54, 1.807) is 73.7 Å². The number of rotatable bonds is 10. The van der Waals surface area contributed by atoms with Crippen LogP contribution < -0.4 is 20.1 Å². The zero-order chi connectivity index (χ0) is 28.6. The molecule has 4 rings (SSSR count). The molecule has 3 aromatic rings. The molecule has 9 nitrogen and oxygen atoms in total. The van der Waals surface area contributed by atoms with Crippen LogP contribution in [0.25, 0.3) is 6.08 Å². The smallest absolute Gasteiger partial charge is 0.294 e. The average Bonchev–Trinajstić information content (AvgIpc) is 3.18. The highest BCUT2D eigenvalue weighted by atomic mass is 35.5. The topological polar surface area (TPSA) is 114 Å². The van der Waals surface area contributed by atoms with Crippen LogP contribution in [0.3, 0.4) is 0 Å². The maximum atomic E-state index is 12.9. The molecule has 0 bridgehead atoms. The highest BCUT2D eigenvalue weighted by Crippen LogP contribution is 2.34. The van der Waals surface area contributed by atoms with Gasteiger partial charge in [-0.2, -0.15) is 0 Å². The van der Waals surface area contributed by atoms with Crippen LogP contribution in [-0.2, 0) is 14.4 Å². The maximum Gasteiger partial charge on any atom is 0.294 e. The number of para-hydroxylation sites is 1. The number of carbonyl (C=O) groups is 4. The van der Waals surface area contributed by atoms with Crippen molar-refractivity contribution in [2.75, 3.05) is 30.4 Å². The Morgan fingerprint density at radius 3 is 2.40 bits per heavy atom. The summed E-state index contributed by atoms with van der Waals surface area (Å²) >= 11 is 6.86. The van der Waals surface area contributed by atoms with Crippen molar-refractivity contribution in [2.24, 2.45) is 0 Å². The molecule has 11 heteroatoms. The van der Waals surface area contributed by atoms with Crippen molar-refractivity contribution in [3.8, 4) is 11.5 Å². The predicted octanol–water partition coefficient (Wildman–Crippen LogP) is 5.74. The number of nitrogens with zero attached hydrogens (tertiary/aromatic N) is 1. The number of imide groups is 1. The molecule has 0 aromatic heterocycles. The third-order valence-corrected chi connectivity index (χ3v) is 6.93. The fourth-order valence-electron chi connectivity index (χ4n) is 3.67. The molecule has 1 saturated heterocycles. The number of carbonyl (C=O) groups excluding carboxylic acids is 4. The molecule has 1 aliphatic heterocycles. The minimum atomic E-state index is -0.565. The second kappa shape index (κ2) is 13.2. The standard InChI is InChI=1S/C29H26ClN3O6S/c1-3-38-24-13-19(10-12-23(24)39-17-27(35)32-21-11-9-18(2)22(30)15-21)14-25-28(36)33(29(37)40-25)16-26(34)31-20-7-5-4-6-8-20/h4-15H,3,16-17H2,1-2H3,(H,31,34)(H,32,35)/b25-14-. The van der Waals surface area contributed by atoms with Gasteiger partial charge in [0.2, 0.25) is 5.91 Å². The summed E-state index contributed by atoms with van der Waals surface area (Å²) in [7, 11) is 0. The summed E-state index contributed by atoms with van der Waals surface area (Å²) in [6, 6.07) is 18.9. The SMILES string of the molecule is CCOc1cc(/C=C2\SC(=O)N(CC(=O)Nc3ccccc3)C2=O)ccc1OCC(=O)Nc1ccc(C)c(Cl)c1. The van der Waals surface area contributed by atoms with Crippen LogP contribution in [0.1, 0.15) is 18.1 Å². The molecular weight excluding hydrogens is 554 g/mol. The van der Waals surface area contributed by atoms with Crippen molar-refractivity contribution in [3.05, 3.63) is 87.8 Å². The third-order valence-electron chi connectivity index (χ3n) is 5.61. The van der Waals surface area contributed by atoms with Gasteiger partial charge in [-0.25, -0.2) is 0 Å². The largest absolute Gasteiger partial charge is 0.490 e. The first-order valence-corrected chi connectivity index (χ1v) is 13.5. The van der Waals surface area contributed by atoms with Gasteiger partial charge in [-0.05, 0) is 79.2 Å². The Kier molecular flexibility index (Phi) is 9.47. The quantitative estimate of drug-likeness (QED) is 0.294. The maximum absolute atomic E-state index is 12.9. The van der Waals surface area contributed by atoms with E-state index >= 15 is 0 Å². The van der Waals surface area contributed by atoms with Crippen LogP contribution >= 0.6 is 23.4 Å². The average molecular weight is 580 g/mol. The van der Waals surface area contributed by atoms with Crippen LogP contribution in [0.2, 0.25) is 5.02 Å². The van der Waals surface area contributed by atoms with Crippen molar-refractivity contribution in [3.63, 3.8) is 0 Å². The lowest BCUT2D eigenvalue weighted by atomic mass is 10.2. The zero-order valence-corrected chi connectivity index (χ0v) is 23.3. The number of halogens is 1. The van der Waals surface area contributed by atoms with Crippen LogP contribution in [0.5, 0.6) is 11.5 Å². The predicted molar refractivity (Wildman–Crippen MR) is 156 cm³/mol. The zero-order valence-electron chi connectivity index (χ0n) is 21.7. The van der Waals surface area contributed by atoms with Gasteiger partial charge in [0.15, 0.2) is 18.1 Å². The van der Waals surface area contributed by atoms with E-state index in [2.05, 4.69) is 10.6 Å². The van der Waals surface area contributed by atoms with Gasteiger partial charge in [-0.3, -0.25) is 24.1 Å². The molecule has 2 N–H and O–H groups in total. The molecule has 3 aromatic carbocycles. The molecule has 0 aliphatic carbocycles. The monoisotopic (exact) mass is 579 g/mol. The van der Waals surface area contributed by atoms with Gasteiger partial charge in [0, 0.05) is 16.4 Å². The Balaban J connectivity index is 1.40. The van der Waals surface area contributed by atoms with Gasteiger partial charge >= 0.3 is 0 Å². The van der Waals surface area contributed by atoms with Crippen molar-refractivity contribution in [1.29, 1.82) is 0 Å². The number of aryl methyl sites for hydroxylation is 1. The Labute approximate surface area is 240 Å². The number of amides is 4. The van der Waals surface area contributed by atoms with Gasteiger partial charge in [0.25, 0.3) is 17.1 Å². The minimum absolute atomic E-state index is 0.171. The van der Waals surface area contributed by atoms with Crippen molar-refractivity contribution in [1.82, 2.24) is 4.90 Å². The fraction of sp³-hybridized carbons (Fsp3) is 0.172. The van der Waals surface area contributed by atoms with E-state index in [-0.39, 0.29) is 17.4 Å². The molecule has 206 valence electrons. The Morgan fingerprint density at radius 1 is 0.925 bits per heavy atom. The van der Waals surface area contributed by atoms with E-state index in [1.165, 1.54) is 0 Å². The van der Waals surface area contributed by atoms with Crippen LogP contribution in [0, 0.1) is 6.92 Å². The van der Waals surface area contributed by atoms with Gasteiger partial charge in [-0.15, -0.1) is 0 Å². The lowest BCUT2D eigenvalue weighted by Gasteiger charge is -2.13. The van der Waals surface area contributed by atoms with E-state index in [1.807, 2.05) is 13.0 Å². The molecule has 0 saturated carbocycles. The first-order chi connectivity index (χ1) is 19.2.